The smallest absolute Gasteiger partial charge is 0.238 e. The maximum atomic E-state index is 11.5. The van der Waals surface area contributed by atoms with Crippen molar-refractivity contribution in [3.63, 3.8) is 0 Å². The van der Waals surface area contributed by atoms with Gasteiger partial charge < -0.3 is 5.73 Å². The molecule has 1 aromatic carbocycles. The Hall–Kier alpha value is -1.09. The van der Waals surface area contributed by atoms with E-state index in [0.29, 0.717) is 16.1 Å². The molecule has 0 saturated heterocycles. The van der Waals surface area contributed by atoms with E-state index in [1.54, 1.807) is 19.2 Å². The second-order valence-corrected chi connectivity index (χ2v) is 7.61. The highest BCUT2D eigenvalue weighted by molar-refractivity contribution is 9.10. The molecule has 0 atom stereocenters. The highest BCUT2D eigenvalue weighted by Crippen LogP contribution is 2.34. The lowest BCUT2D eigenvalue weighted by atomic mass is 10.2. The number of halogens is 1. The Labute approximate surface area is 130 Å². The molecule has 8 heteroatoms. The summed E-state index contributed by atoms with van der Waals surface area (Å²) >= 11 is 4.64. The van der Waals surface area contributed by atoms with Crippen molar-refractivity contribution in [1.29, 1.82) is 0 Å². The summed E-state index contributed by atoms with van der Waals surface area (Å²) < 4.78 is 24.0. The Morgan fingerprint density at radius 2 is 2.00 bits per heavy atom. The molecule has 2 aromatic rings. The van der Waals surface area contributed by atoms with E-state index in [4.69, 9.17) is 10.9 Å². The van der Waals surface area contributed by atoms with Crippen LogP contribution in [0.25, 0.3) is 0 Å². The van der Waals surface area contributed by atoms with Gasteiger partial charge in [-0.3, -0.25) is 0 Å². The van der Waals surface area contributed by atoms with E-state index in [2.05, 4.69) is 20.9 Å². The van der Waals surface area contributed by atoms with Gasteiger partial charge in [-0.1, -0.05) is 11.8 Å². The van der Waals surface area contributed by atoms with Gasteiger partial charge >= 0.3 is 0 Å². The van der Waals surface area contributed by atoms with E-state index < -0.39 is 10.0 Å². The number of hydrogen-bond donors (Lipinski definition) is 2. The third-order valence-electron chi connectivity index (χ3n) is 2.56. The molecular weight excluding hydrogens is 362 g/mol. The first-order valence-electron chi connectivity index (χ1n) is 5.49. The lowest BCUT2D eigenvalue weighted by Crippen LogP contribution is -2.14. The number of benzene rings is 1. The Balaban J connectivity index is 2.47. The molecule has 5 nitrogen and oxygen atoms in total. The van der Waals surface area contributed by atoms with Crippen LogP contribution >= 0.6 is 27.7 Å². The Morgan fingerprint density at radius 3 is 2.55 bits per heavy atom. The molecule has 0 aliphatic heterocycles. The summed E-state index contributed by atoms with van der Waals surface area (Å²) in [5.41, 5.74) is 6.65. The predicted molar refractivity (Wildman–Crippen MR) is 83.0 cm³/mol. The zero-order chi connectivity index (χ0) is 14.9. The minimum absolute atomic E-state index is 0.0390. The van der Waals surface area contributed by atoms with Gasteiger partial charge in [-0.15, -0.1) is 0 Å². The fraction of sp³-hybridized carbons (Fsp3) is 0.0833. The van der Waals surface area contributed by atoms with Crippen molar-refractivity contribution in [2.75, 3.05) is 5.73 Å². The van der Waals surface area contributed by atoms with Crippen LogP contribution in [-0.2, 0) is 10.0 Å². The fourth-order valence-corrected chi connectivity index (χ4v) is 3.68. The van der Waals surface area contributed by atoms with E-state index in [0.717, 1.165) is 9.50 Å². The van der Waals surface area contributed by atoms with Gasteiger partial charge in [0.25, 0.3) is 0 Å². The van der Waals surface area contributed by atoms with E-state index >= 15 is 0 Å². The molecule has 2 rings (SSSR count). The van der Waals surface area contributed by atoms with Crippen LogP contribution in [-0.4, -0.2) is 13.4 Å². The van der Waals surface area contributed by atoms with Crippen molar-refractivity contribution in [3.05, 3.63) is 40.5 Å². The van der Waals surface area contributed by atoms with Crippen LogP contribution in [0, 0.1) is 6.92 Å². The number of sulfonamides is 1. The summed E-state index contributed by atoms with van der Waals surface area (Å²) in [5, 5.41) is 5.93. The molecule has 0 aliphatic rings. The average molecular weight is 374 g/mol. The number of nitrogens with two attached hydrogens (primary N) is 2. The normalized spacial score (nSPS) is 11.6. The third-order valence-corrected chi connectivity index (χ3v) is 5.16. The van der Waals surface area contributed by atoms with Crippen molar-refractivity contribution in [3.8, 4) is 0 Å². The van der Waals surface area contributed by atoms with Crippen molar-refractivity contribution in [2.45, 2.75) is 21.7 Å². The number of primary sulfonamides is 1. The van der Waals surface area contributed by atoms with E-state index in [9.17, 15) is 8.42 Å². The van der Waals surface area contributed by atoms with Gasteiger partial charge in [0.1, 0.15) is 5.03 Å². The minimum atomic E-state index is -3.80. The fourth-order valence-electron chi connectivity index (χ4n) is 1.62. The van der Waals surface area contributed by atoms with Crippen molar-refractivity contribution in [1.82, 2.24) is 4.98 Å². The Kier molecular flexibility index (Phi) is 4.38. The molecule has 0 bridgehead atoms. The van der Waals surface area contributed by atoms with Crippen LogP contribution in [0.15, 0.2) is 49.8 Å². The first kappa shape index (κ1) is 15.3. The number of rotatable bonds is 3. The summed E-state index contributed by atoms with van der Waals surface area (Å²) in [7, 11) is -3.80. The topological polar surface area (TPSA) is 99.1 Å². The predicted octanol–water partition coefficient (Wildman–Crippen LogP) is 2.53. The molecule has 1 aromatic heterocycles. The number of anilines is 1. The molecule has 20 heavy (non-hydrogen) atoms. The maximum absolute atomic E-state index is 11.5. The molecule has 0 spiro atoms. The zero-order valence-corrected chi connectivity index (χ0v) is 13.7. The van der Waals surface area contributed by atoms with Crippen molar-refractivity contribution in [2.24, 2.45) is 5.14 Å². The van der Waals surface area contributed by atoms with Gasteiger partial charge in [0, 0.05) is 21.3 Å². The summed E-state index contributed by atoms with van der Waals surface area (Å²) in [5.74, 6) is 0. The largest absolute Gasteiger partial charge is 0.399 e. The van der Waals surface area contributed by atoms with Gasteiger partial charge in [0.15, 0.2) is 0 Å². The number of hydrogen-bond acceptors (Lipinski definition) is 5. The summed E-state index contributed by atoms with van der Waals surface area (Å²) in [6.07, 6.45) is 1.67. The summed E-state index contributed by atoms with van der Waals surface area (Å²) in [6.45, 7) is 1.69. The Morgan fingerprint density at radius 1 is 1.30 bits per heavy atom. The number of nitrogens with zero attached hydrogens (tertiary/aromatic N) is 1. The Bertz CT molecular complexity index is 746. The summed E-state index contributed by atoms with van der Waals surface area (Å²) in [6, 6.07) is 6.76. The van der Waals surface area contributed by atoms with Crippen LogP contribution < -0.4 is 10.9 Å². The van der Waals surface area contributed by atoms with Crippen LogP contribution in [0.1, 0.15) is 5.56 Å². The third kappa shape index (κ3) is 3.51. The van der Waals surface area contributed by atoms with Gasteiger partial charge in [-0.2, -0.15) is 0 Å². The number of nitrogen functional groups attached to an aromatic ring is 1. The molecule has 0 amide bonds. The molecule has 0 unspecified atom stereocenters. The van der Waals surface area contributed by atoms with Gasteiger partial charge in [-0.05, 0) is 52.7 Å². The highest BCUT2D eigenvalue weighted by atomic mass is 79.9. The first-order chi connectivity index (χ1) is 9.27. The van der Waals surface area contributed by atoms with Crippen LogP contribution in [0.5, 0.6) is 0 Å². The van der Waals surface area contributed by atoms with Crippen LogP contribution in [0.3, 0.4) is 0 Å². The second kappa shape index (κ2) is 5.72. The molecule has 0 radical (unpaired) electrons. The molecule has 0 aliphatic carbocycles. The van der Waals surface area contributed by atoms with Crippen LogP contribution in [0.2, 0.25) is 0 Å². The first-order valence-corrected chi connectivity index (χ1v) is 8.65. The maximum Gasteiger partial charge on any atom is 0.238 e. The molecule has 0 fully saturated rings. The SMILES string of the molecule is Cc1c(Sc2ccc(Br)cn2)cc(N)cc1S(N)(=O)=O. The van der Waals surface area contributed by atoms with Crippen molar-refractivity contribution >= 4 is 43.4 Å². The molecule has 4 N–H and O–H groups in total. The van der Waals surface area contributed by atoms with E-state index in [1.165, 1.54) is 17.8 Å². The van der Waals surface area contributed by atoms with Crippen LogP contribution in [0.4, 0.5) is 5.69 Å². The lowest BCUT2D eigenvalue weighted by molar-refractivity contribution is 0.597. The zero-order valence-electron chi connectivity index (χ0n) is 10.5. The van der Waals surface area contributed by atoms with E-state index in [1.807, 2.05) is 12.1 Å². The van der Waals surface area contributed by atoms with E-state index in [-0.39, 0.29) is 4.90 Å². The average Bonchev–Trinajstić information content (AvgIpc) is 2.35. The molecule has 106 valence electrons. The number of pyridine rings is 1. The van der Waals surface area contributed by atoms with Gasteiger partial charge in [0.05, 0.1) is 4.90 Å². The minimum Gasteiger partial charge on any atom is -0.399 e. The highest BCUT2D eigenvalue weighted by Gasteiger charge is 2.16. The quantitative estimate of drug-likeness (QED) is 0.805. The van der Waals surface area contributed by atoms with Gasteiger partial charge in [0.2, 0.25) is 10.0 Å². The molecule has 1 heterocycles. The lowest BCUT2D eigenvalue weighted by Gasteiger charge is -2.11. The number of aromatic nitrogens is 1. The standard InChI is InChI=1S/C12H12BrN3O2S2/c1-7-10(19-12-3-2-8(13)6-16-12)4-9(14)5-11(7)20(15,17)18/h2-6H,14H2,1H3,(H2,15,17,18). The molecule has 0 saturated carbocycles. The monoisotopic (exact) mass is 373 g/mol. The molecular formula is C12H12BrN3O2S2. The second-order valence-electron chi connectivity index (χ2n) is 4.10. The summed E-state index contributed by atoms with van der Waals surface area (Å²) in [4.78, 5) is 4.98. The van der Waals surface area contributed by atoms with Gasteiger partial charge in [-0.25, -0.2) is 18.5 Å². The van der Waals surface area contributed by atoms with Crippen molar-refractivity contribution < 1.29 is 8.42 Å².